The van der Waals surface area contributed by atoms with E-state index in [0.717, 1.165) is 117 Å². The van der Waals surface area contributed by atoms with Crippen molar-refractivity contribution in [2.45, 2.75) is 5.41 Å². The lowest BCUT2D eigenvalue weighted by Gasteiger charge is -2.39. The zero-order chi connectivity index (χ0) is 46.4. The summed E-state index contributed by atoms with van der Waals surface area (Å²) in [5, 5.41) is 7.17. The number of nitrogens with zero attached hydrogens (tertiary/aromatic N) is 6. The van der Waals surface area contributed by atoms with Gasteiger partial charge in [0.2, 0.25) is 0 Å². The fourth-order valence-corrected chi connectivity index (χ4v) is 12.4. The lowest BCUT2D eigenvalue weighted by Crippen LogP contribution is -2.32. The molecular formula is C64H38N6O. The molecule has 1 spiro atoms. The van der Waals surface area contributed by atoms with Gasteiger partial charge in [-0.1, -0.05) is 121 Å². The Morgan fingerprint density at radius 1 is 0.324 bits per heavy atom. The summed E-state index contributed by atoms with van der Waals surface area (Å²) in [5.41, 5.74) is 16.3. The zero-order valence-corrected chi connectivity index (χ0v) is 38.0. The number of hydrogen-bond acceptors (Lipinski definition) is 4. The van der Waals surface area contributed by atoms with Crippen molar-refractivity contribution in [1.29, 1.82) is 0 Å². The molecule has 0 fully saturated rings. The van der Waals surface area contributed by atoms with Gasteiger partial charge in [-0.05, 0) is 113 Å². The first-order valence-electron chi connectivity index (χ1n) is 24.1. The lowest BCUT2D eigenvalue weighted by atomic mass is 9.66. The van der Waals surface area contributed by atoms with Gasteiger partial charge in [-0.15, -0.1) is 0 Å². The van der Waals surface area contributed by atoms with Crippen molar-refractivity contribution in [3.63, 3.8) is 0 Å². The fraction of sp³-hybridized carbons (Fsp3) is 0.0156. The van der Waals surface area contributed by atoms with Gasteiger partial charge in [-0.2, -0.15) is 0 Å². The fourth-order valence-electron chi connectivity index (χ4n) is 12.4. The summed E-state index contributed by atoms with van der Waals surface area (Å²) in [6.07, 6.45) is 5.65. The number of aromatic nitrogens is 6. The van der Waals surface area contributed by atoms with Crippen LogP contribution in [0.4, 0.5) is 0 Å². The lowest BCUT2D eigenvalue weighted by molar-refractivity contribution is 0.436. The first kappa shape index (κ1) is 38.4. The highest BCUT2D eigenvalue weighted by Crippen LogP contribution is 2.62. The van der Waals surface area contributed by atoms with Crippen LogP contribution in [0, 0.1) is 0 Å². The molecule has 0 saturated carbocycles. The Bertz CT molecular complexity index is 4440. The normalized spacial score (nSPS) is 13.3. The summed E-state index contributed by atoms with van der Waals surface area (Å²) in [5.74, 6) is 2.48. The van der Waals surface area contributed by atoms with Crippen LogP contribution in [0.2, 0.25) is 0 Å². The minimum Gasteiger partial charge on any atom is -0.457 e. The molecule has 7 heteroatoms. The Hall–Kier alpha value is -9.59. The molecule has 2 aliphatic rings. The van der Waals surface area contributed by atoms with E-state index in [1.165, 1.54) is 21.5 Å². The molecule has 6 aromatic heterocycles. The largest absolute Gasteiger partial charge is 0.457 e. The Morgan fingerprint density at radius 3 is 1.44 bits per heavy atom. The van der Waals surface area contributed by atoms with Crippen molar-refractivity contribution < 1.29 is 4.74 Å². The van der Waals surface area contributed by atoms with Gasteiger partial charge in [-0.25, -0.2) is 4.98 Å². The van der Waals surface area contributed by atoms with Crippen molar-refractivity contribution in [2.75, 3.05) is 0 Å². The topological polar surface area (TPSA) is 62.7 Å². The summed E-state index contributed by atoms with van der Waals surface area (Å²) < 4.78 is 14.2. The van der Waals surface area contributed by atoms with E-state index in [1.807, 2.05) is 24.7 Å². The Balaban J connectivity index is 0.887. The zero-order valence-electron chi connectivity index (χ0n) is 38.0. The van der Waals surface area contributed by atoms with Crippen LogP contribution in [0.15, 0.2) is 231 Å². The molecule has 0 N–H and O–H groups in total. The van der Waals surface area contributed by atoms with E-state index in [0.29, 0.717) is 0 Å². The van der Waals surface area contributed by atoms with Crippen LogP contribution < -0.4 is 4.74 Å². The van der Waals surface area contributed by atoms with Crippen LogP contribution in [-0.4, -0.2) is 28.7 Å². The number of pyridine rings is 3. The number of hydrogen-bond donors (Lipinski definition) is 0. The van der Waals surface area contributed by atoms with Crippen LogP contribution in [0.3, 0.4) is 0 Å². The van der Waals surface area contributed by atoms with Crippen LogP contribution in [0.5, 0.6) is 11.5 Å². The van der Waals surface area contributed by atoms with Gasteiger partial charge in [0.15, 0.2) is 5.82 Å². The minimum absolute atomic E-state index is 0.752. The third kappa shape index (κ3) is 5.08. The molecule has 71 heavy (non-hydrogen) atoms. The first-order valence-corrected chi connectivity index (χ1v) is 24.1. The summed E-state index contributed by atoms with van der Waals surface area (Å²) in [6.45, 7) is 0. The summed E-state index contributed by atoms with van der Waals surface area (Å²) in [4.78, 5) is 15.2. The van der Waals surface area contributed by atoms with E-state index in [9.17, 15) is 0 Å². The maximum Gasteiger partial charge on any atom is 0.162 e. The van der Waals surface area contributed by atoms with Gasteiger partial charge >= 0.3 is 0 Å². The minimum atomic E-state index is -0.752. The number of para-hydroxylation sites is 5. The Kier molecular flexibility index (Phi) is 7.69. The van der Waals surface area contributed by atoms with Crippen LogP contribution in [0.25, 0.3) is 105 Å². The second-order valence-electron chi connectivity index (χ2n) is 18.7. The van der Waals surface area contributed by atoms with Gasteiger partial charge in [-0.3, -0.25) is 14.5 Å². The van der Waals surface area contributed by atoms with Crippen molar-refractivity contribution in [2.24, 2.45) is 0 Å². The second kappa shape index (κ2) is 14.2. The SMILES string of the molecule is c1cnc(-n2c3ccccc3c3cc(-c4ccc5c(c4)Oc4ccc(-n6c7ccccc7c7ccccc76)cc4C54c5cccnc5-c5ncccc54)ccc32)c(-n2c3ccccc3c3ccccc32)c1. The number of rotatable bonds is 4. The molecule has 14 aromatic rings. The summed E-state index contributed by atoms with van der Waals surface area (Å²) >= 11 is 0. The summed E-state index contributed by atoms with van der Waals surface area (Å²) in [7, 11) is 0. The quantitative estimate of drug-likeness (QED) is 0.176. The Morgan fingerprint density at radius 2 is 0.817 bits per heavy atom. The predicted molar refractivity (Wildman–Crippen MR) is 286 cm³/mol. The monoisotopic (exact) mass is 906 g/mol. The highest BCUT2D eigenvalue weighted by atomic mass is 16.5. The van der Waals surface area contributed by atoms with Gasteiger partial charge < -0.3 is 13.9 Å². The van der Waals surface area contributed by atoms with Crippen molar-refractivity contribution in [3.8, 4) is 51.2 Å². The predicted octanol–water partition coefficient (Wildman–Crippen LogP) is 15.3. The van der Waals surface area contributed by atoms with E-state index in [-0.39, 0.29) is 0 Å². The maximum absolute atomic E-state index is 7.17. The number of fused-ring (bicyclic) bond motifs is 18. The third-order valence-corrected chi connectivity index (χ3v) is 15.3. The molecule has 1 aliphatic heterocycles. The van der Waals surface area contributed by atoms with E-state index in [1.54, 1.807) is 0 Å². The summed E-state index contributed by atoms with van der Waals surface area (Å²) in [6, 6.07) is 76.3. The van der Waals surface area contributed by atoms with Gasteiger partial charge in [0.05, 0.1) is 55.6 Å². The standard InChI is InChI=1S/C64H38N6O/c1-6-21-52-42(14-1)43-15-2-7-22-53(43)68(52)41-29-32-59-51(38-41)64(49-19-11-33-65-61(49)62-50(64)20-12-34-66-62)48-30-27-40(37-60(48)71-59)39-28-31-57-47(36-39)46-18-5-10-25-56(46)70(57)63-58(26-13-35-67-63)69-54-23-8-3-16-44(54)45-17-4-9-24-55(45)69/h1-38H. The number of ether oxygens (including phenoxy) is 1. The molecule has 0 atom stereocenters. The van der Waals surface area contributed by atoms with Gasteiger partial charge in [0.1, 0.15) is 11.5 Å². The molecular weight excluding hydrogens is 869 g/mol. The van der Waals surface area contributed by atoms with Crippen LogP contribution >= 0.6 is 0 Å². The second-order valence-corrected chi connectivity index (χ2v) is 18.7. The average Bonchev–Trinajstić information content (AvgIpc) is 4.15. The van der Waals surface area contributed by atoms with Crippen molar-refractivity contribution in [1.82, 2.24) is 28.7 Å². The van der Waals surface area contributed by atoms with Crippen LogP contribution in [-0.2, 0) is 5.41 Å². The van der Waals surface area contributed by atoms with E-state index < -0.39 is 5.41 Å². The molecule has 1 aliphatic carbocycles. The van der Waals surface area contributed by atoms with E-state index in [2.05, 4.69) is 220 Å². The average molecular weight is 907 g/mol. The van der Waals surface area contributed by atoms with Crippen molar-refractivity contribution in [3.05, 3.63) is 253 Å². The van der Waals surface area contributed by atoms with Crippen LogP contribution in [0.1, 0.15) is 22.3 Å². The first-order chi connectivity index (χ1) is 35.2. The Labute approximate surface area is 406 Å². The molecule has 7 nitrogen and oxygen atoms in total. The van der Waals surface area contributed by atoms with E-state index in [4.69, 9.17) is 19.7 Å². The van der Waals surface area contributed by atoms with Crippen molar-refractivity contribution >= 4 is 65.4 Å². The molecule has 0 bridgehead atoms. The molecule has 0 unspecified atom stereocenters. The number of benzene rings is 8. The smallest absolute Gasteiger partial charge is 0.162 e. The highest BCUT2D eigenvalue weighted by molar-refractivity contribution is 6.12. The van der Waals surface area contributed by atoms with E-state index >= 15 is 0 Å². The third-order valence-electron chi connectivity index (χ3n) is 15.3. The molecule has 0 radical (unpaired) electrons. The molecule has 8 aromatic carbocycles. The van der Waals surface area contributed by atoms with Gasteiger partial charge in [0, 0.05) is 67.7 Å². The van der Waals surface area contributed by atoms with Gasteiger partial charge in [0.25, 0.3) is 0 Å². The molecule has 330 valence electrons. The molecule has 0 saturated heterocycles. The molecule has 7 heterocycles. The highest BCUT2D eigenvalue weighted by Gasteiger charge is 2.52. The maximum atomic E-state index is 7.17. The molecule has 16 rings (SSSR count). The molecule has 0 amide bonds.